The van der Waals surface area contributed by atoms with Crippen molar-refractivity contribution in [1.29, 1.82) is 0 Å². The molecule has 0 rings (SSSR count). The standard InChI is InChI=1S/C12H23NO2/c1-6-8-9-10-13(7-2)11(14)15-12(3,4)5/h7H,2,6,8-10H2,1,3-5H3. The molecule has 0 N–H and O–H groups in total. The van der Waals surface area contributed by atoms with Gasteiger partial charge in [0.15, 0.2) is 0 Å². The van der Waals surface area contributed by atoms with E-state index >= 15 is 0 Å². The molecule has 0 unspecified atom stereocenters. The van der Waals surface area contributed by atoms with Crippen LogP contribution >= 0.6 is 0 Å². The molecule has 1 amide bonds. The highest BCUT2D eigenvalue weighted by atomic mass is 16.6. The highest BCUT2D eigenvalue weighted by Crippen LogP contribution is 2.10. The van der Waals surface area contributed by atoms with E-state index < -0.39 is 5.60 Å². The Bertz CT molecular complexity index is 206. The highest BCUT2D eigenvalue weighted by Gasteiger charge is 2.19. The summed E-state index contributed by atoms with van der Waals surface area (Å²) in [5.41, 5.74) is -0.441. The molecular formula is C12H23NO2. The zero-order valence-corrected chi connectivity index (χ0v) is 10.4. The number of hydrogen-bond donors (Lipinski definition) is 0. The van der Waals surface area contributed by atoms with Crippen molar-refractivity contribution in [3.05, 3.63) is 12.8 Å². The Hall–Kier alpha value is -0.990. The third-order valence-electron chi connectivity index (χ3n) is 1.85. The maximum Gasteiger partial charge on any atom is 0.414 e. The molecule has 0 spiro atoms. The van der Waals surface area contributed by atoms with Crippen molar-refractivity contribution in [2.24, 2.45) is 0 Å². The van der Waals surface area contributed by atoms with Gasteiger partial charge in [-0.3, -0.25) is 4.90 Å². The van der Waals surface area contributed by atoms with Crippen molar-refractivity contribution in [2.75, 3.05) is 6.54 Å². The summed E-state index contributed by atoms with van der Waals surface area (Å²) in [5.74, 6) is 0. The van der Waals surface area contributed by atoms with Gasteiger partial charge in [0.05, 0.1) is 0 Å². The van der Waals surface area contributed by atoms with Gasteiger partial charge in [-0.05, 0) is 27.2 Å². The Labute approximate surface area is 93.1 Å². The molecule has 0 fully saturated rings. The molecule has 0 aliphatic heterocycles. The fourth-order valence-electron chi connectivity index (χ4n) is 1.11. The van der Waals surface area contributed by atoms with Crippen LogP contribution in [0, 0.1) is 0 Å². The minimum atomic E-state index is -0.441. The highest BCUT2D eigenvalue weighted by molar-refractivity contribution is 5.69. The van der Waals surface area contributed by atoms with E-state index in [4.69, 9.17) is 4.74 Å². The Kier molecular flexibility index (Phi) is 6.06. The molecular weight excluding hydrogens is 190 g/mol. The molecule has 0 aromatic rings. The summed E-state index contributed by atoms with van der Waals surface area (Å²) in [6.07, 6.45) is 4.46. The van der Waals surface area contributed by atoms with Crippen molar-refractivity contribution in [3.8, 4) is 0 Å². The van der Waals surface area contributed by atoms with E-state index in [2.05, 4.69) is 13.5 Å². The summed E-state index contributed by atoms with van der Waals surface area (Å²) in [5, 5.41) is 0. The Morgan fingerprint density at radius 2 is 2.00 bits per heavy atom. The molecule has 15 heavy (non-hydrogen) atoms. The van der Waals surface area contributed by atoms with Crippen molar-refractivity contribution < 1.29 is 9.53 Å². The summed E-state index contributed by atoms with van der Waals surface area (Å²) in [6, 6.07) is 0. The van der Waals surface area contributed by atoms with Gasteiger partial charge in [-0.15, -0.1) is 0 Å². The number of ether oxygens (including phenoxy) is 1. The van der Waals surface area contributed by atoms with E-state index in [-0.39, 0.29) is 6.09 Å². The van der Waals surface area contributed by atoms with Gasteiger partial charge < -0.3 is 4.74 Å². The summed E-state index contributed by atoms with van der Waals surface area (Å²) in [6.45, 7) is 12.0. The first-order valence-electron chi connectivity index (χ1n) is 5.53. The van der Waals surface area contributed by atoms with Crippen LogP contribution in [0.15, 0.2) is 12.8 Å². The van der Waals surface area contributed by atoms with Gasteiger partial charge in [-0.2, -0.15) is 0 Å². The molecule has 88 valence electrons. The molecule has 0 radical (unpaired) electrons. The Balaban J connectivity index is 4.05. The lowest BCUT2D eigenvalue weighted by Crippen LogP contribution is -2.33. The number of rotatable bonds is 5. The van der Waals surface area contributed by atoms with Crippen molar-refractivity contribution in [1.82, 2.24) is 4.90 Å². The molecule has 0 aromatic heterocycles. The topological polar surface area (TPSA) is 29.5 Å². The fraction of sp³-hybridized carbons (Fsp3) is 0.750. The summed E-state index contributed by atoms with van der Waals surface area (Å²) < 4.78 is 5.24. The maximum atomic E-state index is 11.6. The first-order valence-corrected chi connectivity index (χ1v) is 5.53. The fourth-order valence-corrected chi connectivity index (χ4v) is 1.11. The van der Waals surface area contributed by atoms with E-state index in [0.29, 0.717) is 6.54 Å². The van der Waals surface area contributed by atoms with Crippen LogP contribution in [-0.2, 0) is 4.74 Å². The molecule has 0 atom stereocenters. The summed E-state index contributed by atoms with van der Waals surface area (Å²) in [7, 11) is 0. The van der Waals surface area contributed by atoms with E-state index in [1.54, 1.807) is 0 Å². The minimum absolute atomic E-state index is 0.311. The normalized spacial score (nSPS) is 10.9. The van der Waals surface area contributed by atoms with Crippen LogP contribution in [0.1, 0.15) is 47.0 Å². The maximum absolute atomic E-state index is 11.6. The zero-order chi connectivity index (χ0) is 11.9. The average molecular weight is 213 g/mol. The number of nitrogens with zero attached hydrogens (tertiary/aromatic N) is 1. The van der Waals surface area contributed by atoms with Crippen molar-refractivity contribution in [2.45, 2.75) is 52.6 Å². The second-order valence-electron chi connectivity index (χ2n) is 4.56. The Morgan fingerprint density at radius 1 is 1.40 bits per heavy atom. The molecule has 0 saturated carbocycles. The minimum Gasteiger partial charge on any atom is -0.443 e. The van der Waals surface area contributed by atoms with Crippen LogP contribution in [0.25, 0.3) is 0 Å². The molecule has 0 aliphatic carbocycles. The first-order chi connectivity index (χ1) is 6.90. The van der Waals surface area contributed by atoms with Crippen LogP contribution in [0.2, 0.25) is 0 Å². The molecule has 3 heteroatoms. The first kappa shape index (κ1) is 14.0. The molecule has 3 nitrogen and oxygen atoms in total. The monoisotopic (exact) mass is 213 g/mol. The van der Waals surface area contributed by atoms with Gasteiger partial charge in [0.25, 0.3) is 0 Å². The van der Waals surface area contributed by atoms with Gasteiger partial charge in [-0.1, -0.05) is 26.3 Å². The van der Waals surface area contributed by atoms with Gasteiger partial charge in [0, 0.05) is 12.7 Å². The quantitative estimate of drug-likeness (QED) is 0.653. The molecule has 0 bridgehead atoms. The second-order valence-corrected chi connectivity index (χ2v) is 4.56. The number of carbonyl (C=O) groups excluding carboxylic acids is 1. The van der Waals surface area contributed by atoms with E-state index in [9.17, 15) is 4.79 Å². The number of hydrogen-bond acceptors (Lipinski definition) is 2. The largest absolute Gasteiger partial charge is 0.443 e. The number of amides is 1. The number of unbranched alkanes of at least 4 members (excludes halogenated alkanes) is 2. The van der Waals surface area contributed by atoms with Gasteiger partial charge in [0.2, 0.25) is 0 Å². The SMILES string of the molecule is C=CN(CCCCC)C(=O)OC(C)(C)C. The van der Waals surface area contributed by atoms with Gasteiger partial charge in [0.1, 0.15) is 5.60 Å². The molecule has 0 saturated heterocycles. The predicted molar refractivity (Wildman–Crippen MR) is 62.7 cm³/mol. The Morgan fingerprint density at radius 3 is 2.40 bits per heavy atom. The molecule has 0 aliphatic rings. The van der Waals surface area contributed by atoms with Crippen molar-refractivity contribution in [3.63, 3.8) is 0 Å². The third-order valence-corrected chi connectivity index (χ3v) is 1.85. The van der Waals surface area contributed by atoms with Crippen LogP contribution in [-0.4, -0.2) is 23.1 Å². The number of carbonyl (C=O) groups is 1. The van der Waals surface area contributed by atoms with Crippen LogP contribution in [0.5, 0.6) is 0 Å². The zero-order valence-electron chi connectivity index (χ0n) is 10.4. The van der Waals surface area contributed by atoms with Crippen LogP contribution in [0.3, 0.4) is 0 Å². The van der Waals surface area contributed by atoms with Crippen LogP contribution in [0.4, 0.5) is 4.79 Å². The lowest BCUT2D eigenvalue weighted by atomic mass is 10.2. The average Bonchev–Trinajstić information content (AvgIpc) is 2.09. The molecule has 0 heterocycles. The lowest BCUT2D eigenvalue weighted by Gasteiger charge is -2.24. The van der Waals surface area contributed by atoms with Gasteiger partial charge in [-0.25, -0.2) is 4.79 Å². The summed E-state index contributed by atoms with van der Waals surface area (Å²) in [4.78, 5) is 13.1. The second kappa shape index (κ2) is 6.49. The smallest absolute Gasteiger partial charge is 0.414 e. The predicted octanol–water partition coefficient (Wildman–Crippen LogP) is 3.56. The molecule has 0 aromatic carbocycles. The lowest BCUT2D eigenvalue weighted by molar-refractivity contribution is 0.0333. The summed E-state index contributed by atoms with van der Waals surface area (Å²) >= 11 is 0. The van der Waals surface area contributed by atoms with Crippen molar-refractivity contribution >= 4 is 6.09 Å². The van der Waals surface area contributed by atoms with E-state index in [1.807, 2.05) is 20.8 Å². The third kappa shape index (κ3) is 7.00. The van der Waals surface area contributed by atoms with Crippen LogP contribution < -0.4 is 0 Å². The van der Waals surface area contributed by atoms with Gasteiger partial charge >= 0.3 is 6.09 Å². The van der Waals surface area contributed by atoms with E-state index in [0.717, 1.165) is 19.3 Å². The van der Waals surface area contributed by atoms with E-state index in [1.165, 1.54) is 11.1 Å².